The lowest BCUT2D eigenvalue weighted by molar-refractivity contribution is 0.111. The summed E-state index contributed by atoms with van der Waals surface area (Å²) < 4.78 is 15.3. The highest BCUT2D eigenvalue weighted by Crippen LogP contribution is 2.18. The number of aldehydes is 1. The normalized spacial score (nSPS) is 10.3. The third-order valence-electron chi connectivity index (χ3n) is 1.79. The Labute approximate surface area is 92.8 Å². The molecule has 0 saturated carbocycles. The van der Waals surface area contributed by atoms with E-state index in [1.165, 1.54) is 16.9 Å². The standard InChI is InChI=1S/C9H5BrFN3O/c10-6-1-2-8(11)9(3-6)14-4-7(5-15)12-13-14/h1-5H. The largest absolute Gasteiger partial charge is 0.296 e. The minimum atomic E-state index is -0.430. The van der Waals surface area contributed by atoms with Crippen LogP contribution in [0.4, 0.5) is 4.39 Å². The molecule has 1 aromatic carbocycles. The fourth-order valence-corrected chi connectivity index (χ4v) is 1.46. The van der Waals surface area contributed by atoms with Crippen LogP contribution in [0.2, 0.25) is 0 Å². The zero-order valence-corrected chi connectivity index (χ0v) is 8.98. The monoisotopic (exact) mass is 269 g/mol. The molecule has 76 valence electrons. The molecule has 2 aromatic rings. The lowest BCUT2D eigenvalue weighted by Gasteiger charge is -2.01. The van der Waals surface area contributed by atoms with E-state index in [4.69, 9.17) is 0 Å². The number of carbonyl (C=O) groups is 1. The molecule has 0 N–H and O–H groups in total. The van der Waals surface area contributed by atoms with Crippen LogP contribution in [0.5, 0.6) is 0 Å². The zero-order valence-electron chi connectivity index (χ0n) is 7.39. The number of carbonyl (C=O) groups excluding carboxylic acids is 1. The second-order valence-corrected chi connectivity index (χ2v) is 3.72. The number of halogens is 2. The van der Waals surface area contributed by atoms with E-state index in [0.717, 1.165) is 4.47 Å². The van der Waals surface area contributed by atoms with Gasteiger partial charge in [-0.05, 0) is 18.2 Å². The van der Waals surface area contributed by atoms with Gasteiger partial charge in [-0.2, -0.15) is 0 Å². The van der Waals surface area contributed by atoms with Crippen molar-refractivity contribution in [1.82, 2.24) is 15.0 Å². The van der Waals surface area contributed by atoms with E-state index in [1.807, 2.05) is 0 Å². The maximum absolute atomic E-state index is 13.4. The van der Waals surface area contributed by atoms with Crippen LogP contribution in [0.1, 0.15) is 10.5 Å². The van der Waals surface area contributed by atoms with Crippen LogP contribution in [0.3, 0.4) is 0 Å². The Bertz CT molecular complexity index is 512. The molecule has 0 saturated heterocycles. The van der Waals surface area contributed by atoms with Gasteiger partial charge in [0.1, 0.15) is 17.2 Å². The van der Waals surface area contributed by atoms with Crippen molar-refractivity contribution < 1.29 is 9.18 Å². The van der Waals surface area contributed by atoms with Gasteiger partial charge in [0.05, 0.1) is 6.20 Å². The average molecular weight is 270 g/mol. The molecule has 0 aliphatic carbocycles. The van der Waals surface area contributed by atoms with Crippen molar-refractivity contribution in [2.45, 2.75) is 0 Å². The maximum Gasteiger partial charge on any atom is 0.171 e. The van der Waals surface area contributed by atoms with Crippen LogP contribution < -0.4 is 0 Å². The first-order valence-electron chi connectivity index (χ1n) is 4.03. The van der Waals surface area contributed by atoms with Crippen molar-refractivity contribution >= 4 is 22.2 Å². The number of nitrogens with zero attached hydrogens (tertiary/aromatic N) is 3. The van der Waals surface area contributed by atoms with Crippen molar-refractivity contribution in [2.24, 2.45) is 0 Å². The van der Waals surface area contributed by atoms with Crippen LogP contribution in [0, 0.1) is 5.82 Å². The Hall–Kier alpha value is -1.56. The number of hydrogen-bond acceptors (Lipinski definition) is 3. The number of aromatic nitrogens is 3. The van der Waals surface area contributed by atoms with Gasteiger partial charge >= 0.3 is 0 Å². The molecule has 0 amide bonds. The van der Waals surface area contributed by atoms with Gasteiger partial charge in [0.25, 0.3) is 0 Å². The van der Waals surface area contributed by atoms with E-state index in [0.29, 0.717) is 6.29 Å². The summed E-state index contributed by atoms with van der Waals surface area (Å²) in [6.07, 6.45) is 1.91. The highest BCUT2D eigenvalue weighted by atomic mass is 79.9. The second-order valence-electron chi connectivity index (χ2n) is 2.80. The van der Waals surface area contributed by atoms with E-state index in [-0.39, 0.29) is 11.4 Å². The highest BCUT2D eigenvalue weighted by molar-refractivity contribution is 9.10. The van der Waals surface area contributed by atoms with Gasteiger partial charge in [0.2, 0.25) is 0 Å². The van der Waals surface area contributed by atoms with E-state index in [9.17, 15) is 9.18 Å². The first-order valence-corrected chi connectivity index (χ1v) is 4.83. The Morgan fingerprint density at radius 3 is 2.93 bits per heavy atom. The maximum atomic E-state index is 13.4. The lowest BCUT2D eigenvalue weighted by Crippen LogP contribution is -1.98. The summed E-state index contributed by atoms with van der Waals surface area (Å²) in [7, 11) is 0. The molecule has 0 bridgehead atoms. The molecule has 0 aliphatic heterocycles. The van der Waals surface area contributed by atoms with Crippen LogP contribution in [0.25, 0.3) is 5.69 Å². The SMILES string of the molecule is O=Cc1cn(-c2cc(Br)ccc2F)nn1. The summed E-state index contributed by atoms with van der Waals surface area (Å²) >= 11 is 3.22. The number of benzene rings is 1. The Kier molecular flexibility index (Phi) is 2.59. The van der Waals surface area contributed by atoms with Gasteiger partial charge in [-0.1, -0.05) is 21.1 Å². The topological polar surface area (TPSA) is 47.8 Å². The fraction of sp³-hybridized carbons (Fsp3) is 0. The molecule has 1 aromatic heterocycles. The molecule has 0 atom stereocenters. The van der Waals surface area contributed by atoms with Gasteiger partial charge < -0.3 is 0 Å². The second kappa shape index (κ2) is 3.90. The molecular formula is C9H5BrFN3O. The minimum Gasteiger partial charge on any atom is -0.296 e. The molecule has 0 spiro atoms. The third kappa shape index (κ3) is 1.94. The Morgan fingerprint density at radius 1 is 1.47 bits per heavy atom. The molecule has 6 heteroatoms. The third-order valence-corrected chi connectivity index (χ3v) is 2.28. The number of hydrogen-bond donors (Lipinski definition) is 0. The zero-order chi connectivity index (χ0) is 10.8. The van der Waals surface area contributed by atoms with Crippen LogP contribution >= 0.6 is 15.9 Å². The van der Waals surface area contributed by atoms with Crippen molar-refractivity contribution in [3.63, 3.8) is 0 Å². The molecular weight excluding hydrogens is 265 g/mol. The van der Waals surface area contributed by atoms with Gasteiger partial charge in [0, 0.05) is 4.47 Å². The van der Waals surface area contributed by atoms with Crippen molar-refractivity contribution in [1.29, 1.82) is 0 Å². The van der Waals surface area contributed by atoms with Gasteiger partial charge in [-0.15, -0.1) is 5.10 Å². The van der Waals surface area contributed by atoms with E-state index in [2.05, 4.69) is 26.2 Å². The molecule has 0 unspecified atom stereocenters. The summed E-state index contributed by atoms with van der Waals surface area (Å²) in [4.78, 5) is 10.4. The van der Waals surface area contributed by atoms with Gasteiger partial charge in [-0.25, -0.2) is 9.07 Å². The van der Waals surface area contributed by atoms with E-state index < -0.39 is 5.82 Å². The average Bonchev–Trinajstić information content (AvgIpc) is 2.70. The van der Waals surface area contributed by atoms with Crippen molar-refractivity contribution in [2.75, 3.05) is 0 Å². The summed E-state index contributed by atoms with van der Waals surface area (Å²) in [6, 6.07) is 4.44. The summed E-state index contributed by atoms with van der Waals surface area (Å²) in [6.45, 7) is 0. The molecule has 1 heterocycles. The molecule has 0 radical (unpaired) electrons. The number of rotatable bonds is 2. The highest BCUT2D eigenvalue weighted by Gasteiger charge is 2.07. The smallest absolute Gasteiger partial charge is 0.171 e. The molecule has 4 nitrogen and oxygen atoms in total. The fourth-order valence-electron chi connectivity index (χ4n) is 1.11. The predicted molar refractivity (Wildman–Crippen MR) is 54.4 cm³/mol. The molecule has 0 fully saturated rings. The van der Waals surface area contributed by atoms with Gasteiger partial charge in [0.15, 0.2) is 6.29 Å². The van der Waals surface area contributed by atoms with Crippen molar-refractivity contribution in [3.05, 3.63) is 40.4 Å². The summed E-state index contributed by atoms with van der Waals surface area (Å²) in [5.74, 6) is -0.430. The predicted octanol–water partition coefficient (Wildman–Crippen LogP) is 1.98. The molecule has 0 aliphatic rings. The first-order chi connectivity index (χ1) is 7.20. The molecule has 2 rings (SSSR count). The summed E-state index contributed by atoms with van der Waals surface area (Å²) in [5.41, 5.74) is 0.402. The lowest BCUT2D eigenvalue weighted by atomic mass is 10.3. The molecule has 15 heavy (non-hydrogen) atoms. The van der Waals surface area contributed by atoms with E-state index in [1.54, 1.807) is 12.1 Å². The quantitative estimate of drug-likeness (QED) is 0.784. The van der Waals surface area contributed by atoms with Crippen molar-refractivity contribution in [3.8, 4) is 5.69 Å². The first kappa shape index (κ1) is 9.97. The minimum absolute atomic E-state index is 0.161. The Balaban J connectivity index is 2.52. The van der Waals surface area contributed by atoms with Gasteiger partial charge in [-0.3, -0.25) is 4.79 Å². The van der Waals surface area contributed by atoms with E-state index >= 15 is 0 Å². The van der Waals surface area contributed by atoms with Crippen LogP contribution in [-0.2, 0) is 0 Å². The van der Waals surface area contributed by atoms with Crippen LogP contribution in [-0.4, -0.2) is 21.3 Å². The Morgan fingerprint density at radius 2 is 2.27 bits per heavy atom. The summed E-state index contributed by atoms with van der Waals surface area (Å²) in [5, 5.41) is 7.18. The van der Waals surface area contributed by atoms with Crippen LogP contribution in [0.15, 0.2) is 28.9 Å².